The maximum atomic E-state index is 13.5. The van der Waals surface area contributed by atoms with Gasteiger partial charge in [-0.25, -0.2) is 4.79 Å². The van der Waals surface area contributed by atoms with Crippen LogP contribution >= 0.6 is 0 Å². The molecule has 0 spiro atoms. The number of aromatic nitrogens is 1. The van der Waals surface area contributed by atoms with Crippen LogP contribution in [0.1, 0.15) is 46.1 Å². The molecule has 1 saturated carbocycles. The monoisotopic (exact) mass is 765 g/mol. The molecule has 3 heterocycles. The highest BCUT2D eigenvalue weighted by atomic mass is 16.6. The number of aromatic amines is 1. The van der Waals surface area contributed by atoms with Gasteiger partial charge in [-0.15, -0.1) is 0 Å². The van der Waals surface area contributed by atoms with Crippen LogP contribution in [0.15, 0.2) is 79.9 Å². The van der Waals surface area contributed by atoms with Crippen LogP contribution in [0.3, 0.4) is 0 Å². The molecule has 1 saturated heterocycles. The Morgan fingerprint density at radius 3 is 2.16 bits per heavy atom. The van der Waals surface area contributed by atoms with Crippen molar-refractivity contribution in [1.82, 2.24) is 9.88 Å². The second-order valence-corrected chi connectivity index (χ2v) is 13.6. The molecule has 56 heavy (non-hydrogen) atoms. The molecule has 2 aliphatic heterocycles. The number of rotatable bonds is 9. The van der Waals surface area contributed by atoms with Crippen molar-refractivity contribution in [2.24, 2.45) is 17.8 Å². The number of ether oxygens (including phenoxy) is 7. The summed E-state index contributed by atoms with van der Waals surface area (Å²) < 4.78 is 39.1. The molecule has 3 aliphatic rings. The molecule has 1 N–H and O–H groups in total. The number of H-pyrrole nitrogens is 1. The molecule has 0 bridgehead atoms. The summed E-state index contributed by atoms with van der Waals surface area (Å²) in [6.07, 6.45) is 3.93. The lowest BCUT2D eigenvalue weighted by atomic mass is 9.63. The Kier molecular flexibility index (Phi) is 14.2. The van der Waals surface area contributed by atoms with Crippen molar-refractivity contribution in [3.8, 4) is 29.1 Å². The van der Waals surface area contributed by atoms with Crippen molar-refractivity contribution in [2.75, 3.05) is 55.7 Å². The number of nitriles is 1. The normalized spacial score (nSPS) is 22.0. The third kappa shape index (κ3) is 8.70. The van der Waals surface area contributed by atoms with E-state index in [1.807, 2.05) is 48.5 Å². The van der Waals surface area contributed by atoms with Gasteiger partial charge >= 0.3 is 11.9 Å². The van der Waals surface area contributed by atoms with Gasteiger partial charge in [0.2, 0.25) is 5.75 Å². The summed E-state index contributed by atoms with van der Waals surface area (Å²) in [5.74, 6) is 0.441. The predicted molar refractivity (Wildman–Crippen MR) is 213 cm³/mol. The van der Waals surface area contributed by atoms with Crippen LogP contribution in [0.25, 0.3) is 17.0 Å². The van der Waals surface area contributed by atoms with Gasteiger partial charge in [-0.1, -0.05) is 49.6 Å². The molecule has 7 rings (SSSR count). The number of esters is 2. The minimum Gasteiger partial charge on any atom is -0.497 e. The molecule has 3 aromatic carbocycles. The fourth-order valence-corrected chi connectivity index (χ4v) is 8.35. The first-order chi connectivity index (χ1) is 27.2. The first kappa shape index (κ1) is 41.4. The number of methoxy groups -OCH3 is 6. The van der Waals surface area contributed by atoms with E-state index >= 15 is 0 Å². The number of nitrogens with one attached hydrogen (secondary N) is 1. The Labute approximate surface area is 328 Å². The minimum absolute atomic E-state index is 0.0170. The zero-order valence-corrected chi connectivity index (χ0v) is 32.9. The highest BCUT2D eigenvalue weighted by Gasteiger charge is 2.54. The smallest absolute Gasteiger partial charge is 0.338 e. The topological polar surface area (TPSA) is 142 Å². The predicted octanol–water partition coefficient (Wildman–Crippen LogP) is 7.20. The molecule has 0 amide bonds. The van der Waals surface area contributed by atoms with Gasteiger partial charge in [-0.2, -0.15) is 5.26 Å². The van der Waals surface area contributed by atoms with Crippen LogP contribution in [0, 0.1) is 29.1 Å². The summed E-state index contributed by atoms with van der Waals surface area (Å²) in [4.78, 5) is 33.1. The van der Waals surface area contributed by atoms with Crippen molar-refractivity contribution in [3.63, 3.8) is 0 Å². The van der Waals surface area contributed by atoms with Crippen LogP contribution < -0.4 is 18.9 Å². The quantitative estimate of drug-likeness (QED) is 0.137. The van der Waals surface area contributed by atoms with Gasteiger partial charge in [0.05, 0.1) is 59.1 Å². The fraction of sp³-hybridized carbons (Fsp3) is 0.386. The summed E-state index contributed by atoms with van der Waals surface area (Å²) in [5.41, 5.74) is 5.00. The summed E-state index contributed by atoms with van der Waals surface area (Å²) in [6.45, 7) is 8.43. The van der Waals surface area contributed by atoms with Crippen LogP contribution in [-0.2, 0) is 25.4 Å². The van der Waals surface area contributed by atoms with Crippen molar-refractivity contribution >= 4 is 28.9 Å². The largest absolute Gasteiger partial charge is 0.497 e. The summed E-state index contributed by atoms with van der Waals surface area (Å²) in [5, 5.41) is 8.72. The Morgan fingerprint density at radius 1 is 0.911 bits per heavy atom. The van der Waals surface area contributed by atoms with Crippen molar-refractivity contribution < 1.29 is 42.7 Å². The van der Waals surface area contributed by atoms with Crippen molar-refractivity contribution in [1.29, 1.82) is 5.26 Å². The molecular weight excluding hydrogens is 714 g/mol. The number of carbonyl (C=O) groups is 2. The SMILES string of the molecule is C=CC#N.C=Cc1ccccc1.COC(=O)[C@H]1[C@H]2C[C@@H]3c4[nH]c5cc(OC)ccc5c4CCN3C[C@H]2C[C@@H](OC(=O)c2cc(OC)c(OC)c(OC)c2)[C@@H]1OC. The molecular formula is C44H51N3O9. The zero-order chi connectivity index (χ0) is 40.4. The van der Waals surface area contributed by atoms with E-state index in [2.05, 4.69) is 29.1 Å². The second kappa shape index (κ2) is 19.2. The number of carbonyl (C=O) groups excluding carboxylic acids is 2. The first-order valence-corrected chi connectivity index (χ1v) is 18.4. The lowest BCUT2D eigenvalue weighted by Gasteiger charge is -2.52. The first-order valence-electron chi connectivity index (χ1n) is 18.4. The standard InChI is InChI=1S/C33H40N2O9.C8H8.C3H3N/c1-38-19-7-8-20-21-9-10-35-16-18-13-27(44-32(36)17-11-25(39-2)30(41-4)26(12-17)40-3)31(42-5)28(33(37)43-6)22(18)15-24(35)29(21)34-23(20)14-19;1-2-8-6-4-3-5-7-8;1-2-3-4/h7-8,11-12,14,18,22,24,27-28,31,34H,9-10,13,15-16H2,1-6H3;2-7H,1H2;2H,1H2/t18-,22+,24-,27-,28+,31+;;/m1../s1. The average molecular weight is 766 g/mol. The van der Waals surface area contributed by atoms with Crippen LogP contribution in [0.2, 0.25) is 0 Å². The summed E-state index contributed by atoms with van der Waals surface area (Å²) in [6, 6.07) is 21.1. The number of benzene rings is 3. The minimum atomic E-state index is -0.670. The Morgan fingerprint density at radius 2 is 1.61 bits per heavy atom. The maximum Gasteiger partial charge on any atom is 0.338 e. The highest BCUT2D eigenvalue weighted by molar-refractivity contribution is 5.91. The van der Waals surface area contributed by atoms with E-state index in [1.54, 1.807) is 32.4 Å². The van der Waals surface area contributed by atoms with E-state index in [4.69, 9.17) is 38.4 Å². The van der Waals surface area contributed by atoms with Gasteiger partial charge in [0.25, 0.3) is 0 Å². The average Bonchev–Trinajstić information content (AvgIpc) is 3.63. The number of hydrogen-bond donors (Lipinski definition) is 1. The van der Waals surface area contributed by atoms with Crippen LogP contribution in [0.5, 0.6) is 23.0 Å². The second-order valence-electron chi connectivity index (χ2n) is 13.6. The van der Waals surface area contributed by atoms with Crippen LogP contribution in [-0.4, -0.2) is 89.8 Å². The van der Waals surface area contributed by atoms with Gasteiger partial charge < -0.3 is 38.1 Å². The molecule has 6 atom stereocenters. The fourth-order valence-electron chi connectivity index (χ4n) is 8.35. The molecule has 1 aromatic heterocycles. The molecule has 1 aliphatic carbocycles. The van der Waals surface area contributed by atoms with E-state index < -0.39 is 24.1 Å². The third-order valence-corrected chi connectivity index (χ3v) is 10.9. The molecule has 12 nitrogen and oxygen atoms in total. The maximum absolute atomic E-state index is 13.5. The van der Waals surface area contributed by atoms with E-state index in [-0.39, 0.29) is 29.4 Å². The lowest BCUT2D eigenvalue weighted by molar-refractivity contribution is -0.176. The van der Waals surface area contributed by atoms with E-state index in [0.717, 1.165) is 37.2 Å². The molecule has 0 unspecified atom stereocenters. The summed E-state index contributed by atoms with van der Waals surface area (Å²) >= 11 is 0. The molecule has 0 radical (unpaired) electrons. The number of fused-ring (bicyclic) bond motifs is 6. The van der Waals surface area contributed by atoms with Crippen LogP contribution in [0.4, 0.5) is 0 Å². The van der Waals surface area contributed by atoms with Crippen molar-refractivity contribution in [2.45, 2.75) is 37.5 Å². The molecule has 296 valence electrons. The van der Waals surface area contributed by atoms with E-state index in [0.29, 0.717) is 23.7 Å². The number of nitrogens with zero attached hydrogens (tertiary/aromatic N) is 2. The van der Waals surface area contributed by atoms with E-state index in [9.17, 15) is 9.59 Å². The molecule has 12 heteroatoms. The summed E-state index contributed by atoms with van der Waals surface area (Å²) in [7, 11) is 9.10. The number of allylic oxidation sites excluding steroid dienone is 1. The third-order valence-electron chi connectivity index (χ3n) is 10.9. The Hall–Kier alpha value is -5.77. The van der Waals surface area contributed by atoms with Gasteiger partial charge in [0, 0.05) is 48.9 Å². The van der Waals surface area contributed by atoms with Crippen molar-refractivity contribution in [3.05, 3.63) is 102 Å². The number of piperidine rings is 1. The zero-order valence-electron chi connectivity index (χ0n) is 32.9. The Balaban J connectivity index is 0.000000431. The van der Waals surface area contributed by atoms with E-state index in [1.165, 1.54) is 56.7 Å². The molecule has 2 fully saturated rings. The highest BCUT2D eigenvalue weighted by Crippen LogP contribution is 2.51. The van der Waals surface area contributed by atoms with Gasteiger partial charge in [0.1, 0.15) is 18.0 Å². The number of hydrogen-bond acceptors (Lipinski definition) is 11. The van der Waals surface area contributed by atoms with Gasteiger partial charge in [0.15, 0.2) is 11.5 Å². The molecule has 4 aromatic rings. The van der Waals surface area contributed by atoms with Gasteiger partial charge in [-0.05, 0) is 66.5 Å². The van der Waals surface area contributed by atoms with Gasteiger partial charge in [-0.3, -0.25) is 9.69 Å². The Bertz CT molecular complexity index is 2010. The lowest BCUT2D eigenvalue weighted by Crippen LogP contribution is -2.58.